The van der Waals surface area contributed by atoms with E-state index >= 15 is 0 Å². The smallest absolute Gasteiger partial charge is 0.257 e. The van der Waals surface area contributed by atoms with Crippen LogP contribution in [0.15, 0.2) is 40.0 Å². The molecule has 0 radical (unpaired) electrons. The number of aryl methyl sites for hydroxylation is 2. The maximum Gasteiger partial charge on any atom is 0.257 e. The van der Waals surface area contributed by atoms with E-state index in [9.17, 15) is 0 Å². The van der Waals surface area contributed by atoms with Gasteiger partial charge in [-0.1, -0.05) is 24.2 Å². The van der Waals surface area contributed by atoms with E-state index in [1.807, 2.05) is 25.3 Å². The lowest BCUT2D eigenvalue weighted by molar-refractivity contribution is 0.423. The molecule has 1 aromatic carbocycles. The molecule has 8 heteroatoms. The Bertz CT molecular complexity index is 900. The van der Waals surface area contributed by atoms with Crippen LogP contribution < -0.4 is 10.6 Å². The first-order valence-electron chi connectivity index (χ1n) is 9.45. The lowest BCUT2D eigenvalue weighted by Gasteiger charge is -2.11. The van der Waals surface area contributed by atoms with Crippen LogP contribution in [0.5, 0.6) is 0 Å². The molecule has 0 spiro atoms. The maximum atomic E-state index is 5.28. The van der Waals surface area contributed by atoms with E-state index in [4.69, 9.17) is 4.52 Å². The average Bonchev–Trinajstić information content (AvgIpc) is 3.36. The lowest BCUT2D eigenvalue weighted by Crippen LogP contribution is -2.39. The Labute approximate surface area is 169 Å². The summed E-state index contributed by atoms with van der Waals surface area (Å²) in [6.07, 6.45) is 4.48. The SMILES string of the molecule is CCc1noc(-c2ccc(CCNC(=NC)NCCc3ncc(C)s3)cc2)n1. The molecule has 3 aromatic rings. The van der Waals surface area contributed by atoms with Crippen LogP contribution in [0.4, 0.5) is 0 Å². The molecule has 0 aliphatic rings. The van der Waals surface area contributed by atoms with Crippen LogP contribution >= 0.6 is 11.3 Å². The normalized spacial score (nSPS) is 11.6. The molecule has 0 saturated carbocycles. The molecule has 28 heavy (non-hydrogen) atoms. The Morgan fingerprint density at radius 2 is 1.89 bits per heavy atom. The van der Waals surface area contributed by atoms with Crippen LogP contribution in [-0.2, 0) is 19.3 Å². The van der Waals surface area contributed by atoms with Crippen LogP contribution in [0, 0.1) is 6.92 Å². The van der Waals surface area contributed by atoms with Crippen LogP contribution in [0.25, 0.3) is 11.5 Å². The van der Waals surface area contributed by atoms with Gasteiger partial charge in [0.1, 0.15) is 0 Å². The average molecular weight is 399 g/mol. The van der Waals surface area contributed by atoms with Gasteiger partial charge in [-0.25, -0.2) is 4.98 Å². The van der Waals surface area contributed by atoms with Gasteiger partial charge in [-0.15, -0.1) is 11.3 Å². The standard InChI is InChI=1S/C20H26N6OS/c1-4-17-25-19(27-26-17)16-7-5-15(6-8-16)9-11-22-20(21-3)23-12-10-18-24-13-14(2)28-18/h5-8,13H,4,9-12H2,1-3H3,(H2,21,22,23). The van der Waals surface area contributed by atoms with Crippen molar-refractivity contribution in [3.8, 4) is 11.5 Å². The minimum atomic E-state index is 0.571. The van der Waals surface area contributed by atoms with E-state index in [0.29, 0.717) is 5.89 Å². The number of hydrogen-bond donors (Lipinski definition) is 2. The number of thiazole rings is 1. The zero-order valence-electron chi connectivity index (χ0n) is 16.5. The Morgan fingerprint density at radius 1 is 1.14 bits per heavy atom. The van der Waals surface area contributed by atoms with Crippen molar-refractivity contribution in [3.63, 3.8) is 0 Å². The van der Waals surface area contributed by atoms with Crippen molar-refractivity contribution in [2.24, 2.45) is 4.99 Å². The Hall–Kier alpha value is -2.74. The van der Waals surface area contributed by atoms with Gasteiger partial charge in [0.25, 0.3) is 5.89 Å². The molecule has 0 aliphatic heterocycles. The number of benzene rings is 1. The number of nitrogens with one attached hydrogen (secondary N) is 2. The number of aliphatic imine (C=N–C) groups is 1. The van der Waals surface area contributed by atoms with Crippen LogP contribution in [0.3, 0.4) is 0 Å². The Morgan fingerprint density at radius 3 is 2.50 bits per heavy atom. The highest BCUT2D eigenvalue weighted by Crippen LogP contribution is 2.18. The van der Waals surface area contributed by atoms with Gasteiger partial charge < -0.3 is 15.2 Å². The van der Waals surface area contributed by atoms with Crippen molar-refractivity contribution in [1.82, 2.24) is 25.8 Å². The summed E-state index contributed by atoms with van der Waals surface area (Å²) < 4.78 is 5.28. The number of aromatic nitrogens is 3. The van der Waals surface area contributed by atoms with Crippen molar-refractivity contribution in [2.45, 2.75) is 33.1 Å². The predicted octanol–water partition coefficient (Wildman–Crippen LogP) is 3.01. The topological polar surface area (TPSA) is 88.2 Å². The highest BCUT2D eigenvalue weighted by Gasteiger charge is 2.07. The second-order valence-corrected chi connectivity index (χ2v) is 7.68. The van der Waals surface area contributed by atoms with E-state index < -0.39 is 0 Å². The van der Waals surface area contributed by atoms with Gasteiger partial charge in [-0.3, -0.25) is 4.99 Å². The Kier molecular flexibility index (Phi) is 7.13. The van der Waals surface area contributed by atoms with Gasteiger partial charge in [-0.2, -0.15) is 4.98 Å². The molecular weight excluding hydrogens is 372 g/mol. The fourth-order valence-electron chi connectivity index (χ4n) is 2.68. The maximum absolute atomic E-state index is 5.28. The molecule has 0 bridgehead atoms. The molecule has 0 amide bonds. The quantitative estimate of drug-likeness (QED) is 0.448. The molecule has 2 heterocycles. The molecule has 0 fully saturated rings. The lowest BCUT2D eigenvalue weighted by atomic mass is 10.1. The van der Waals surface area contributed by atoms with Gasteiger partial charge in [0.2, 0.25) is 0 Å². The third-order valence-corrected chi connectivity index (χ3v) is 5.19. The minimum absolute atomic E-state index is 0.571. The van der Waals surface area contributed by atoms with Gasteiger partial charge in [0.15, 0.2) is 11.8 Å². The first-order valence-corrected chi connectivity index (χ1v) is 10.3. The minimum Gasteiger partial charge on any atom is -0.356 e. The summed E-state index contributed by atoms with van der Waals surface area (Å²) in [6.45, 7) is 5.70. The van der Waals surface area contributed by atoms with Crippen molar-refractivity contribution >= 4 is 17.3 Å². The van der Waals surface area contributed by atoms with Gasteiger partial charge >= 0.3 is 0 Å². The van der Waals surface area contributed by atoms with Gasteiger partial charge in [0.05, 0.1) is 5.01 Å². The largest absolute Gasteiger partial charge is 0.356 e. The zero-order chi connectivity index (χ0) is 19.8. The third-order valence-electron chi connectivity index (χ3n) is 4.22. The Balaban J connectivity index is 1.41. The number of guanidine groups is 1. The summed E-state index contributed by atoms with van der Waals surface area (Å²) in [5.41, 5.74) is 2.18. The summed E-state index contributed by atoms with van der Waals surface area (Å²) in [6, 6.07) is 8.22. The van der Waals surface area contributed by atoms with Crippen molar-refractivity contribution < 1.29 is 4.52 Å². The van der Waals surface area contributed by atoms with E-state index in [2.05, 4.69) is 49.8 Å². The van der Waals surface area contributed by atoms with Crippen LogP contribution in [0.2, 0.25) is 0 Å². The van der Waals surface area contributed by atoms with Crippen molar-refractivity contribution in [2.75, 3.05) is 20.1 Å². The highest BCUT2D eigenvalue weighted by molar-refractivity contribution is 7.11. The molecule has 2 N–H and O–H groups in total. The van der Waals surface area contributed by atoms with Gasteiger partial charge in [-0.05, 0) is 31.0 Å². The van der Waals surface area contributed by atoms with Gasteiger partial charge in [0, 0.05) is 49.6 Å². The van der Waals surface area contributed by atoms with E-state index in [0.717, 1.165) is 54.7 Å². The number of nitrogens with zero attached hydrogens (tertiary/aromatic N) is 4. The fourth-order valence-corrected chi connectivity index (χ4v) is 3.47. The summed E-state index contributed by atoms with van der Waals surface area (Å²) >= 11 is 1.74. The summed E-state index contributed by atoms with van der Waals surface area (Å²) in [4.78, 5) is 14.3. The molecule has 2 aromatic heterocycles. The van der Waals surface area contributed by atoms with Crippen molar-refractivity contribution in [3.05, 3.63) is 51.7 Å². The zero-order valence-corrected chi connectivity index (χ0v) is 17.3. The third kappa shape index (κ3) is 5.63. The molecule has 7 nitrogen and oxygen atoms in total. The number of rotatable bonds is 8. The monoisotopic (exact) mass is 398 g/mol. The van der Waals surface area contributed by atoms with Crippen molar-refractivity contribution in [1.29, 1.82) is 0 Å². The van der Waals surface area contributed by atoms with E-state index in [1.54, 1.807) is 18.4 Å². The predicted molar refractivity (Wildman–Crippen MR) is 113 cm³/mol. The molecule has 148 valence electrons. The molecular formula is C20H26N6OS. The summed E-state index contributed by atoms with van der Waals surface area (Å²) in [5.74, 6) is 2.11. The molecule has 0 unspecified atom stereocenters. The first-order chi connectivity index (χ1) is 13.7. The second-order valence-electron chi connectivity index (χ2n) is 6.36. The second kappa shape index (κ2) is 9.98. The van der Waals surface area contributed by atoms with E-state index in [-0.39, 0.29) is 0 Å². The van der Waals surface area contributed by atoms with Crippen LogP contribution in [-0.4, -0.2) is 41.2 Å². The summed E-state index contributed by atoms with van der Waals surface area (Å²) in [5, 5.41) is 11.8. The summed E-state index contributed by atoms with van der Waals surface area (Å²) in [7, 11) is 1.78. The highest BCUT2D eigenvalue weighted by atomic mass is 32.1. The fraction of sp³-hybridized carbons (Fsp3) is 0.400. The number of hydrogen-bond acceptors (Lipinski definition) is 6. The van der Waals surface area contributed by atoms with Crippen LogP contribution in [0.1, 0.15) is 28.2 Å². The van der Waals surface area contributed by atoms with E-state index in [1.165, 1.54) is 10.4 Å². The first kappa shape index (κ1) is 20.0. The molecule has 0 aliphatic carbocycles. The molecule has 3 rings (SSSR count). The molecule has 0 saturated heterocycles. The molecule has 0 atom stereocenters.